The molecule has 360 valence electrons. The molecular formula is C52H58F4N6O6. The van der Waals surface area contributed by atoms with Crippen LogP contribution in [0.25, 0.3) is 0 Å². The van der Waals surface area contributed by atoms with Crippen molar-refractivity contribution >= 4 is 35.4 Å². The second-order valence-corrected chi connectivity index (χ2v) is 18.1. The van der Waals surface area contributed by atoms with Gasteiger partial charge in [0.05, 0.1) is 23.7 Å². The van der Waals surface area contributed by atoms with E-state index in [9.17, 15) is 46.3 Å². The summed E-state index contributed by atoms with van der Waals surface area (Å²) in [6, 6.07) is 23.7. The van der Waals surface area contributed by atoms with Crippen LogP contribution < -0.4 is 21.3 Å². The van der Waals surface area contributed by atoms with Gasteiger partial charge >= 0.3 is 0 Å². The fourth-order valence-electron chi connectivity index (χ4n) is 9.63. The number of hydrogen-bond donors (Lipinski definition) is 4. The number of carbonyl (C=O) groups excluding carboxylic acids is 6. The van der Waals surface area contributed by atoms with Crippen LogP contribution >= 0.6 is 0 Å². The van der Waals surface area contributed by atoms with Crippen molar-refractivity contribution in [3.05, 3.63) is 143 Å². The molecule has 0 aromatic heterocycles. The van der Waals surface area contributed by atoms with Crippen LogP contribution in [-0.4, -0.2) is 97.6 Å². The molecule has 3 aliphatic rings. The Morgan fingerprint density at radius 1 is 0.397 bits per heavy atom. The van der Waals surface area contributed by atoms with Crippen molar-refractivity contribution in [3.63, 3.8) is 0 Å². The Morgan fingerprint density at radius 2 is 0.632 bits per heavy atom. The third kappa shape index (κ3) is 13.3. The Bertz CT molecular complexity index is 2080. The fraction of sp³-hybridized carbons (Fsp3) is 0.423. The van der Waals surface area contributed by atoms with E-state index < -0.39 is 59.1 Å². The minimum Gasteiger partial charge on any atom is -0.355 e. The first kappa shape index (κ1) is 49.3. The van der Waals surface area contributed by atoms with Gasteiger partial charge in [0.25, 0.3) is 0 Å². The minimum absolute atomic E-state index is 0.00555. The van der Waals surface area contributed by atoms with E-state index in [1.165, 1.54) is 48.5 Å². The number of halogens is 4. The van der Waals surface area contributed by atoms with E-state index in [2.05, 4.69) is 21.3 Å². The Balaban J connectivity index is 0.982. The Kier molecular flexibility index (Phi) is 17.0. The molecule has 1 aliphatic carbocycles. The molecule has 4 N–H and O–H groups in total. The Hall–Kier alpha value is -6.58. The van der Waals surface area contributed by atoms with Crippen LogP contribution in [0.4, 0.5) is 17.6 Å². The van der Waals surface area contributed by atoms with E-state index in [4.69, 9.17) is 0 Å². The van der Waals surface area contributed by atoms with Crippen LogP contribution in [-0.2, 0) is 54.5 Å². The summed E-state index contributed by atoms with van der Waals surface area (Å²) in [7, 11) is 0. The van der Waals surface area contributed by atoms with Crippen LogP contribution in [0.1, 0.15) is 47.9 Å². The summed E-state index contributed by atoms with van der Waals surface area (Å²) < 4.78 is 53.9. The zero-order valence-electron chi connectivity index (χ0n) is 37.9. The molecule has 6 atom stereocenters. The first-order valence-electron chi connectivity index (χ1n) is 23.5. The van der Waals surface area contributed by atoms with Crippen LogP contribution in [0.5, 0.6) is 0 Å². The number of carbonyl (C=O) groups is 6. The number of hydrogen-bond acceptors (Lipinski definition) is 6. The highest BCUT2D eigenvalue weighted by molar-refractivity contribution is 5.92. The Labute approximate surface area is 393 Å². The average Bonchev–Trinajstić information content (AvgIpc) is 4.01. The summed E-state index contributed by atoms with van der Waals surface area (Å²) in [5.41, 5.74) is 3.26. The number of rotatable bonds is 18. The smallest absolute Gasteiger partial charge is 0.225 e. The fourth-order valence-corrected chi connectivity index (χ4v) is 9.63. The highest BCUT2D eigenvalue weighted by Crippen LogP contribution is 2.36. The lowest BCUT2D eigenvalue weighted by molar-refractivity contribution is -0.140. The second kappa shape index (κ2) is 23.4. The maximum atomic E-state index is 14.3. The van der Waals surface area contributed by atoms with Gasteiger partial charge in [-0.2, -0.15) is 0 Å². The summed E-state index contributed by atoms with van der Waals surface area (Å²) in [6.45, 7) is 0.897. The lowest BCUT2D eigenvalue weighted by Crippen LogP contribution is -2.42. The van der Waals surface area contributed by atoms with Gasteiger partial charge in [-0.15, -0.1) is 0 Å². The average molecular weight is 939 g/mol. The second-order valence-electron chi connectivity index (χ2n) is 18.1. The minimum atomic E-state index is -0.860. The van der Waals surface area contributed by atoms with Crippen molar-refractivity contribution in [3.8, 4) is 0 Å². The number of nitrogens with zero attached hydrogens (tertiary/aromatic N) is 2. The van der Waals surface area contributed by atoms with Crippen LogP contribution in [0.3, 0.4) is 0 Å². The molecule has 0 spiro atoms. The molecule has 2 saturated heterocycles. The monoisotopic (exact) mass is 938 g/mol. The van der Waals surface area contributed by atoms with Crippen molar-refractivity contribution in [1.29, 1.82) is 0 Å². The molecule has 7 rings (SSSR count). The maximum Gasteiger partial charge on any atom is 0.225 e. The van der Waals surface area contributed by atoms with Crippen molar-refractivity contribution in [2.45, 2.75) is 51.4 Å². The van der Waals surface area contributed by atoms with E-state index >= 15 is 0 Å². The van der Waals surface area contributed by atoms with Crippen molar-refractivity contribution in [2.24, 2.45) is 35.5 Å². The molecule has 12 nitrogen and oxygen atoms in total. The van der Waals surface area contributed by atoms with E-state index in [0.717, 1.165) is 22.3 Å². The molecule has 16 heteroatoms. The summed E-state index contributed by atoms with van der Waals surface area (Å²) in [5.74, 6) is -8.16. The molecule has 3 fully saturated rings. The van der Waals surface area contributed by atoms with E-state index in [0.29, 0.717) is 44.9 Å². The van der Waals surface area contributed by atoms with E-state index in [-0.39, 0.29) is 93.9 Å². The third-order valence-corrected chi connectivity index (χ3v) is 13.5. The summed E-state index contributed by atoms with van der Waals surface area (Å²) >= 11 is 0. The predicted molar refractivity (Wildman–Crippen MR) is 245 cm³/mol. The molecule has 6 amide bonds. The van der Waals surface area contributed by atoms with Crippen LogP contribution in [0.2, 0.25) is 0 Å². The molecule has 0 radical (unpaired) electrons. The third-order valence-electron chi connectivity index (χ3n) is 13.5. The topological polar surface area (TPSA) is 157 Å². The van der Waals surface area contributed by atoms with E-state index in [1.54, 1.807) is 58.3 Å². The molecule has 68 heavy (non-hydrogen) atoms. The first-order chi connectivity index (χ1) is 32.8. The van der Waals surface area contributed by atoms with E-state index in [1.807, 2.05) is 0 Å². The number of amides is 6. The molecule has 0 unspecified atom stereocenters. The van der Waals surface area contributed by atoms with Gasteiger partial charge in [-0.25, -0.2) is 17.6 Å². The molecular weight excluding hydrogens is 881 g/mol. The van der Waals surface area contributed by atoms with Crippen molar-refractivity contribution in [1.82, 2.24) is 31.1 Å². The van der Waals surface area contributed by atoms with Crippen LogP contribution in [0.15, 0.2) is 97.1 Å². The first-order valence-corrected chi connectivity index (χ1v) is 23.5. The summed E-state index contributed by atoms with van der Waals surface area (Å²) in [6.07, 6.45) is 3.49. The zero-order chi connectivity index (χ0) is 48.2. The highest BCUT2D eigenvalue weighted by atomic mass is 19.1. The highest BCUT2D eigenvalue weighted by Gasteiger charge is 2.48. The molecule has 2 heterocycles. The number of benzene rings is 4. The molecule has 0 bridgehead atoms. The SMILES string of the molecule is O=C(NCCc1ccc(F)cc1)[C@@H]1CN(C(=O)[C@@H]2CCC[C@H](C(=O)N3C[C@@H](C(=O)NCCc4ccc(F)cc4)[C@H](C(=O)NCCc4ccc(F)cc4)C3)C2)C[C@H]1C(=O)NCCc1ccc(F)cc1. The van der Waals surface area contributed by atoms with Crippen molar-refractivity contribution in [2.75, 3.05) is 52.4 Å². The molecule has 4 aromatic carbocycles. The predicted octanol–water partition coefficient (Wildman–Crippen LogP) is 4.93. The molecule has 1 saturated carbocycles. The molecule has 2 aliphatic heterocycles. The normalized spacial score (nSPS) is 21.2. The van der Waals surface area contributed by atoms with Gasteiger partial charge < -0.3 is 31.1 Å². The Morgan fingerprint density at radius 3 is 0.868 bits per heavy atom. The lowest BCUT2D eigenvalue weighted by Gasteiger charge is -2.32. The lowest BCUT2D eigenvalue weighted by atomic mass is 9.80. The van der Waals surface area contributed by atoms with Crippen LogP contribution in [0, 0.1) is 58.8 Å². The standard InChI is InChI=1S/C52H58F4N6O6/c53-39-12-4-33(5-13-39)20-24-57-47(63)43-29-61(30-44(43)48(64)58-25-21-34-6-14-40(54)15-7-34)51(67)37-2-1-3-38(28-37)52(68)62-31-45(49(65)59-26-22-35-8-16-41(55)17-9-35)46(32-62)50(66)60-27-23-36-10-18-42(56)19-11-36/h4-19,37-38,43-46H,1-3,20-32H2,(H,57,63)(H,58,64)(H,59,65)(H,60,66)/t37-,38+,43-,44-,45-,46-/m1/s1. The van der Waals surface area contributed by atoms with Gasteiger partial charge in [0.2, 0.25) is 35.4 Å². The van der Waals surface area contributed by atoms with Gasteiger partial charge in [0.1, 0.15) is 23.3 Å². The number of nitrogens with one attached hydrogen (secondary N) is 4. The zero-order valence-corrected chi connectivity index (χ0v) is 37.9. The van der Waals surface area contributed by atoms with Gasteiger partial charge in [-0.1, -0.05) is 55.0 Å². The largest absolute Gasteiger partial charge is 0.355 e. The number of likely N-dealkylation sites (tertiary alicyclic amines) is 2. The van der Waals surface area contributed by atoms with Gasteiger partial charge in [-0.05, 0) is 116 Å². The summed E-state index contributed by atoms with van der Waals surface area (Å²) in [4.78, 5) is 86.7. The summed E-state index contributed by atoms with van der Waals surface area (Å²) in [5, 5.41) is 11.6. The quantitative estimate of drug-likeness (QED) is 0.104. The molecule has 4 aromatic rings. The van der Waals surface area contributed by atoms with Gasteiger partial charge in [0, 0.05) is 64.2 Å². The van der Waals surface area contributed by atoms with Crippen molar-refractivity contribution < 1.29 is 46.3 Å². The van der Waals surface area contributed by atoms with Gasteiger partial charge in [0.15, 0.2) is 0 Å². The van der Waals surface area contributed by atoms with Gasteiger partial charge in [-0.3, -0.25) is 28.8 Å². The maximum absolute atomic E-state index is 14.3.